The van der Waals surface area contributed by atoms with Gasteiger partial charge in [-0.15, -0.1) is 0 Å². The molecule has 9 nitrogen and oxygen atoms in total. The summed E-state index contributed by atoms with van der Waals surface area (Å²) in [5.41, 5.74) is 1.04. The molecule has 1 aromatic carbocycles. The van der Waals surface area contributed by atoms with Gasteiger partial charge in [-0.2, -0.15) is 4.98 Å². The van der Waals surface area contributed by atoms with E-state index in [1.165, 1.54) is 19.4 Å². The minimum Gasteiger partial charge on any atom is -0.480 e. The van der Waals surface area contributed by atoms with Crippen molar-refractivity contribution in [1.29, 1.82) is 0 Å². The molecule has 0 saturated carbocycles. The zero-order chi connectivity index (χ0) is 26.4. The predicted molar refractivity (Wildman–Crippen MR) is 136 cm³/mol. The van der Waals surface area contributed by atoms with E-state index in [-0.39, 0.29) is 36.7 Å². The number of carbonyl (C=O) groups is 2. The number of hydrogen-bond donors (Lipinski definition) is 2. The van der Waals surface area contributed by atoms with E-state index in [9.17, 15) is 18.4 Å². The van der Waals surface area contributed by atoms with Crippen molar-refractivity contribution in [2.24, 2.45) is 0 Å². The molecule has 0 bridgehead atoms. The summed E-state index contributed by atoms with van der Waals surface area (Å²) in [7, 11) is 1.48. The first kappa shape index (κ1) is 26.7. The van der Waals surface area contributed by atoms with Crippen LogP contribution < -0.4 is 15.4 Å². The van der Waals surface area contributed by atoms with Gasteiger partial charge >= 0.3 is 0 Å². The Kier molecular flexibility index (Phi) is 8.55. The minimum atomic E-state index is -2.67. The number of amides is 2. The van der Waals surface area contributed by atoms with Crippen LogP contribution in [0.4, 0.5) is 20.4 Å². The Morgan fingerprint density at radius 2 is 2.05 bits per heavy atom. The molecule has 198 valence electrons. The second kappa shape index (κ2) is 11.8. The van der Waals surface area contributed by atoms with Crippen molar-refractivity contribution in [1.82, 2.24) is 19.8 Å². The summed E-state index contributed by atoms with van der Waals surface area (Å²) in [6, 6.07) is 6.61. The number of ether oxygens (including phenoxy) is 1. The first-order valence-corrected chi connectivity index (χ1v) is 12.4. The van der Waals surface area contributed by atoms with Gasteiger partial charge in [0, 0.05) is 49.4 Å². The summed E-state index contributed by atoms with van der Waals surface area (Å²) in [4.78, 5) is 36.9. The van der Waals surface area contributed by atoms with Gasteiger partial charge in [0.05, 0.1) is 19.9 Å². The number of anilines is 2. The van der Waals surface area contributed by atoms with E-state index in [2.05, 4.69) is 20.6 Å². The molecule has 2 fully saturated rings. The Morgan fingerprint density at radius 1 is 1.27 bits per heavy atom. The van der Waals surface area contributed by atoms with Gasteiger partial charge in [-0.05, 0) is 43.7 Å². The zero-order valence-electron chi connectivity index (χ0n) is 20.4. The number of carbonyl (C=O) groups excluding carboxylic acids is 2. The highest BCUT2D eigenvalue weighted by atomic mass is 35.5. The van der Waals surface area contributed by atoms with Gasteiger partial charge in [-0.25, -0.2) is 13.8 Å². The minimum absolute atomic E-state index is 0.0173. The number of nitrogens with one attached hydrogen (secondary N) is 2. The van der Waals surface area contributed by atoms with Crippen LogP contribution in [0.25, 0.3) is 0 Å². The first-order chi connectivity index (χ1) is 17.7. The van der Waals surface area contributed by atoms with Crippen molar-refractivity contribution >= 4 is 35.1 Å². The summed E-state index contributed by atoms with van der Waals surface area (Å²) < 4.78 is 32.1. The van der Waals surface area contributed by atoms with Gasteiger partial charge in [-0.1, -0.05) is 17.7 Å². The van der Waals surface area contributed by atoms with Crippen LogP contribution in [0.2, 0.25) is 5.02 Å². The lowest BCUT2D eigenvalue weighted by Crippen LogP contribution is -2.42. The molecular weight excluding hydrogens is 506 g/mol. The highest BCUT2D eigenvalue weighted by molar-refractivity contribution is 6.31. The Hall–Kier alpha value is -3.31. The lowest BCUT2D eigenvalue weighted by atomic mass is 10.1. The maximum atomic E-state index is 13.5. The van der Waals surface area contributed by atoms with Crippen LogP contribution in [0.15, 0.2) is 42.6 Å². The van der Waals surface area contributed by atoms with Crippen molar-refractivity contribution < 1.29 is 23.1 Å². The maximum absolute atomic E-state index is 13.5. The number of aromatic nitrogens is 2. The molecule has 3 heterocycles. The van der Waals surface area contributed by atoms with Crippen LogP contribution >= 0.6 is 11.6 Å². The number of hydrogen-bond acceptors (Lipinski definition) is 7. The summed E-state index contributed by atoms with van der Waals surface area (Å²) in [5.74, 6) is -2.49. The van der Waals surface area contributed by atoms with E-state index >= 15 is 0 Å². The largest absolute Gasteiger partial charge is 0.480 e. The number of benzene rings is 1. The Labute approximate surface area is 218 Å². The standard InChI is InChI=1S/C25H29ClF2N6O3/c1-37-22-20(26)14-29-24(32-22)31-19-9-13-34(15-19)23(36)17-5-7-18(8-6-17)30-21(35)4-2-11-33-12-3-10-25(27,28)16-33/h2,4-8,14,19H,3,9-13,15-16H2,1H3,(H,30,35)(H,29,31,32)/b4-2+/t19-/m1/s1. The molecule has 1 aromatic heterocycles. The van der Waals surface area contributed by atoms with Gasteiger partial charge in [0.15, 0.2) is 0 Å². The van der Waals surface area contributed by atoms with Crippen molar-refractivity contribution in [2.45, 2.75) is 31.2 Å². The molecule has 0 unspecified atom stereocenters. The van der Waals surface area contributed by atoms with E-state index in [0.29, 0.717) is 54.8 Å². The molecular formula is C25H29ClF2N6O3. The van der Waals surface area contributed by atoms with E-state index < -0.39 is 5.92 Å². The first-order valence-electron chi connectivity index (χ1n) is 12.0. The second-order valence-corrected chi connectivity index (χ2v) is 9.50. The highest BCUT2D eigenvalue weighted by Crippen LogP contribution is 2.26. The summed E-state index contributed by atoms with van der Waals surface area (Å²) in [5, 5.41) is 6.24. The number of likely N-dealkylation sites (tertiary alicyclic amines) is 2. The molecule has 2 amide bonds. The van der Waals surface area contributed by atoms with Gasteiger partial charge in [-0.3, -0.25) is 14.5 Å². The van der Waals surface area contributed by atoms with E-state index in [4.69, 9.17) is 16.3 Å². The third-order valence-electron chi connectivity index (χ3n) is 6.22. The Morgan fingerprint density at radius 3 is 2.78 bits per heavy atom. The van der Waals surface area contributed by atoms with Gasteiger partial charge in [0.25, 0.3) is 11.8 Å². The smallest absolute Gasteiger partial charge is 0.260 e. The molecule has 2 aromatic rings. The molecule has 12 heteroatoms. The van der Waals surface area contributed by atoms with Crippen LogP contribution in [0, 0.1) is 0 Å². The van der Waals surface area contributed by atoms with Crippen LogP contribution in [-0.2, 0) is 4.79 Å². The molecule has 2 N–H and O–H groups in total. The van der Waals surface area contributed by atoms with E-state index in [1.54, 1.807) is 40.1 Å². The fourth-order valence-corrected chi connectivity index (χ4v) is 4.55. The Bertz CT molecular complexity index is 1150. The number of piperidine rings is 1. The van der Waals surface area contributed by atoms with E-state index in [1.807, 2.05) is 0 Å². The fraction of sp³-hybridized carbons (Fsp3) is 0.440. The lowest BCUT2D eigenvalue weighted by molar-refractivity contribution is -0.111. The Balaban J connectivity index is 1.24. The second-order valence-electron chi connectivity index (χ2n) is 9.10. The predicted octanol–water partition coefficient (Wildman–Crippen LogP) is 3.69. The molecule has 2 saturated heterocycles. The van der Waals surface area contributed by atoms with Crippen LogP contribution in [0.1, 0.15) is 29.6 Å². The van der Waals surface area contributed by atoms with Gasteiger partial charge in [0.2, 0.25) is 17.7 Å². The molecule has 0 spiro atoms. The normalized spacial score (nSPS) is 19.7. The number of alkyl halides is 2. The van der Waals surface area contributed by atoms with Crippen molar-refractivity contribution in [3.8, 4) is 5.88 Å². The number of halogens is 3. The highest BCUT2D eigenvalue weighted by Gasteiger charge is 2.34. The summed E-state index contributed by atoms with van der Waals surface area (Å²) in [6.07, 6.45) is 5.46. The third-order valence-corrected chi connectivity index (χ3v) is 6.48. The van der Waals surface area contributed by atoms with Crippen LogP contribution in [0.5, 0.6) is 5.88 Å². The molecule has 2 aliphatic heterocycles. The summed E-state index contributed by atoms with van der Waals surface area (Å²) in [6.45, 7) is 1.66. The SMILES string of the molecule is COc1nc(N[C@@H]2CCN(C(=O)c3ccc(NC(=O)/C=C/CN4CCCC(F)(F)C4)cc3)C2)ncc1Cl. The van der Waals surface area contributed by atoms with Crippen LogP contribution in [0.3, 0.4) is 0 Å². The molecule has 2 aliphatic rings. The topological polar surface area (TPSA) is 99.7 Å². The van der Waals surface area contributed by atoms with Gasteiger partial charge in [0.1, 0.15) is 5.02 Å². The molecule has 1 atom stereocenters. The molecule has 4 rings (SSSR count). The van der Waals surface area contributed by atoms with Crippen molar-refractivity contribution in [3.05, 3.63) is 53.2 Å². The van der Waals surface area contributed by atoms with Crippen LogP contribution in [-0.4, -0.2) is 83.4 Å². The van der Waals surface area contributed by atoms with Crippen molar-refractivity contribution in [2.75, 3.05) is 50.5 Å². The number of nitrogens with zero attached hydrogens (tertiary/aromatic N) is 4. The number of methoxy groups -OCH3 is 1. The molecule has 0 aliphatic carbocycles. The molecule has 37 heavy (non-hydrogen) atoms. The lowest BCUT2D eigenvalue weighted by Gasteiger charge is -2.31. The maximum Gasteiger partial charge on any atom is 0.260 e. The monoisotopic (exact) mass is 534 g/mol. The molecule has 0 radical (unpaired) electrons. The van der Waals surface area contributed by atoms with E-state index in [0.717, 1.165) is 6.42 Å². The third kappa shape index (κ3) is 7.36. The zero-order valence-corrected chi connectivity index (χ0v) is 21.2. The number of rotatable bonds is 8. The average Bonchev–Trinajstić information content (AvgIpc) is 3.33. The fourth-order valence-electron chi connectivity index (χ4n) is 4.38. The summed E-state index contributed by atoms with van der Waals surface area (Å²) >= 11 is 5.96. The quantitative estimate of drug-likeness (QED) is 0.498. The average molecular weight is 535 g/mol. The van der Waals surface area contributed by atoms with Gasteiger partial charge < -0.3 is 20.3 Å². The van der Waals surface area contributed by atoms with Crippen molar-refractivity contribution in [3.63, 3.8) is 0 Å².